The highest BCUT2D eigenvalue weighted by molar-refractivity contribution is 5.82. The van der Waals surface area contributed by atoms with Crippen molar-refractivity contribution in [3.8, 4) is 0 Å². The van der Waals surface area contributed by atoms with E-state index in [4.69, 9.17) is 10.2 Å². The zero-order valence-corrected chi connectivity index (χ0v) is 9.93. The number of hydrogen-bond acceptors (Lipinski definition) is 5. The predicted molar refractivity (Wildman–Crippen MR) is 59.8 cm³/mol. The van der Waals surface area contributed by atoms with Crippen LogP contribution in [0.2, 0.25) is 0 Å². The summed E-state index contributed by atoms with van der Waals surface area (Å²) in [4.78, 5) is 23.1. The van der Waals surface area contributed by atoms with Gasteiger partial charge >= 0.3 is 0 Å². The molecule has 0 saturated carbocycles. The molecule has 1 rings (SSSR count). The lowest BCUT2D eigenvalue weighted by molar-refractivity contribution is -0.130. The first kappa shape index (κ1) is 13.9. The lowest BCUT2D eigenvalue weighted by atomic mass is 10.1. The van der Waals surface area contributed by atoms with E-state index in [1.54, 1.807) is 13.8 Å². The van der Waals surface area contributed by atoms with Crippen LogP contribution in [-0.4, -0.2) is 53.0 Å². The summed E-state index contributed by atoms with van der Waals surface area (Å²) < 4.78 is 0. The lowest BCUT2D eigenvalue weighted by Gasteiger charge is -2.27. The molecule has 98 valence electrons. The Morgan fingerprint density at radius 1 is 1.29 bits per heavy atom. The second kappa shape index (κ2) is 5.95. The van der Waals surface area contributed by atoms with Gasteiger partial charge in [0, 0.05) is 19.0 Å². The minimum atomic E-state index is -1.69. The topological polar surface area (TPSA) is 111 Å². The summed E-state index contributed by atoms with van der Waals surface area (Å²) >= 11 is 0. The van der Waals surface area contributed by atoms with Gasteiger partial charge in [0.2, 0.25) is 11.8 Å². The van der Waals surface area contributed by atoms with Crippen molar-refractivity contribution in [1.82, 2.24) is 16.0 Å². The Bertz CT molecular complexity index is 295. The van der Waals surface area contributed by atoms with Gasteiger partial charge in [0.25, 0.3) is 0 Å². The molecule has 5 N–H and O–H groups in total. The number of nitrogens with one attached hydrogen (secondary N) is 3. The zero-order chi connectivity index (χ0) is 13.0. The first-order chi connectivity index (χ1) is 7.90. The summed E-state index contributed by atoms with van der Waals surface area (Å²) in [5.41, 5.74) is 0. The molecular weight excluding hydrogens is 226 g/mol. The fourth-order valence-electron chi connectivity index (χ4n) is 1.60. The molecule has 1 aliphatic rings. The highest BCUT2D eigenvalue weighted by Crippen LogP contribution is 2.01. The maximum atomic E-state index is 11.6. The van der Waals surface area contributed by atoms with Crippen LogP contribution >= 0.6 is 0 Å². The summed E-state index contributed by atoms with van der Waals surface area (Å²) in [6, 6.07) is -1.61. The lowest BCUT2D eigenvalue weighted by Crippen LogP contribution is -2.56. The van der Waals surface area contributed by atoms with Crippen LogP contribution in [0.15, 0.2) is 0 Å². The van der Waals surface area contributed by atoms with Gasteiger partial charge in [-0.1, -0.05) is 0 Å². The summed E-state index contributed by atoms with van der Waals surface area (Å²) in [5.74, 6) is -0.523. The van der Waals surface area contributed by atoms with E-state index in [0.717, 1.165) is 0 Å². The highest BCUT2D eigenvalue weighted by atomic mass is 16.5. The number of carbonyl (C=O) groups excluding carboxylic acids is 2. The average molecular weight is 245 g/mol. The number of aliphatic hydroxyl groups is 2. The molecule has 1 aliphatic heterocycles. The van der Waals surface area contributed by atoms with Crippen molar-refractivity contribution in [2.75, 3.05) is 6.54 Å². The van der Waals surface area contributed by atoms with Gasteiger partial charge in [0.15, 0.2) is 6.29 Å². The van der Waals surface area contributed by atoms with Crippen LogP contribution in [0.3, 0.4) is 0 Å². The molecule has 0 radical (unpaired) electrons. The maximum absolute atomic E-state index is 11.6. The van der Waals surface area contributed by atoms with Gasteiger partial charge < -0.3 is 20.8 Å². The molecule has 17 heavy (non-hydrogen) atoms. The number of carbonyl (C=O) groups is 2. The van der Waals surface area contributed by atoms with Crippen molar-refractivity contribution in [2.45, 2.75) is 44.7 Å². The van der Waals surface area contributed by atoms with Gasteiger partial charge in [0.1, 0.15) is 0 Å². The summed E-state index contributed by atoms with van der Waals surface area (Å²) in [5, 5.41) is 26.2. The van der Waals surface area contributed by atoms with Crippen molar-refractivity contribution in [3.05, 3.63) is 0 Å². The molecule has 0 bridgehead atoms. The minimum Gasteiger partial charge on any atom is -0.367 e. The van der Waals surface area contributed by atoms with E-state index < -0.39 is 18.4 Å². The Balaban J connectivity index is 2.74. The zero-order valence-electron chi connectivity index (χ0n) is 9.93. The molecule has 0 aromatic heterocycles. The quantitative estimate of drug-likeness (QED) is 0.333. The van der Waals surface area contributed by atoms with Crippen molar-refractivity contribution in [1.29, 1.82) is 0 Å². The van der Waals surface area contributed by atoms with E-state index in [-0.39, 0.29) is 24.3 Å². The third kappa shape index (κ3) is 4.29. The second-order valence-corrected chi connectivity index (χ2v) is 4.33. The van der Waals surface area contributed by atoms with Crippen molar-refractivity contribution < 1.29 is 19.8 Å². The van der Waals surface area contributed by atoms with Gasteiger partial charge in [0.05, 0.1) is 12.1 Å². The fraction of sp³-hybridized carbons (Fsp3) is 0.800. The fourth-order valence-corrected chi connectivity index (χ4v) is 1.60. The maximum Gasteiger partial charge on any atom is 0.237 e. The molecule has 1 heterocycles. The first-order valence-electron chi connectivity index (χ1n) is 5.59. The molecule has 7 heteroatoms. The van der Waals surface area contributed by atoms with E-state index in [1.807, 2.05) is 0 Å². The number of amides is 2. The molecule has 0 aromatic rings. The third-order valence-electron chi connectivity index (χ3n) is 2.62. The first-order valence-corrected chi connectivity index (χ1v) is 5.59. The summed E-state index contributed by atoms with van der Waals surface area (Å²) in [6.45, 7) is 3.72. The Morgan fingerprint density at radius 3 is 2.53 bits per heavy atom. The normalized spacial score (nSPS) is 31.9. The third-order valence-corrected chi connectivity index (χ3v) is 2.62. The molecule has 2 amide bonds. The summed E-state index contributed by atoms with van der Waals surface area (Å²) in [7, 11) is 0. The standard InChI is InChI=1S/C10H19N3O4/c1-5-4-11-8(14)3-7(10(16)17)13-6(2)9(15)12-5/h5-7,10,13,16-17H,3-4H2,1-2H3,(H,11,14)(H,12,15). The van der Waals surface area contributed by atoms with E-state index >= 15 is 0 Å². The molecule has 0 aliphatic carbocycles. The van der Waals surface area contributed by atoms with E-state index in [0.29, 0.717) is 6.54 Å². The molecule has 7 nitrogen and oxygen atoms in total. The number of rotatable bonds is 1. The van der Waals surface area contributed by atoms with Crippen molar-refractivity contribution in [3.63, 3.8) is 0 Å². The molecular formula is C10H19N3O4. The SMILES string of the molecule is CC1CNC(=O)CC(C(O)O)NC(C)C(=O)N1. The van der Waals surface area contributed by atoms with E-state index in [9.17, 15) is 9.59 Å². The van der Waals surface area contributed by atoms with Gasteiger partial charge in [-0.3, -0.25) is 14.9 Å². The Labute approximate surface area is 99.6 Å². The Kier molecular flexibility index (Phi) is 4.86. The van der Waals surface area contributed by atoms with Crippen LogP contribution in [0, 0.1) is 0 Å². The van der Waals surface area contributed by atoms with E-state index in [2.05, 4.69) is 16.0 Å². The molecule has 0 spiro atoms. The minimum absolute atomic E-state index is 0.0813. The van der Waals surface area contributed by atoms with Crippen molar-refractivity contribution in [2.24, 2.45) is 0 Å². The van der Waals surface area contributed by atoms with Crippen LogP contribution in [0.5, 0.6) is 0 Å². The van der Waals surface area contributed by atoms with Crippen molar-refractivity contribution >= 4 is 11.8 Å². The van der Waals surface area contributed by atoms with E-state index in [1.165, 1.54) is 0 Å². The van der Waals surface area contributed by atoms with Gasteiger partial charge in [-0.05, 0) is 13.8 Å². The van der Waals surface area contributed by atoms with Crippen LogP contribution in [0.25, 0.3) is 0 Å². The molecule has 1 saturated heterocycles. The van der Waals surface area contributed by atoms with Crippen LogP contribution in [0.4, 0.5) is 0 Å². The average Bonchev–Trinajstić information content (AvgIpc) is 2.24. The Morgan fingerprint density at radius 2 is 1.94 bits per heavy atom. The molecule has 0 aromatic carbocycles. The highest BCUT2D eigenvalue weighted by Gasteiger charge is 2.26. The predicted octanol–water partition coefficient (Wildman–Crippen LogP) is -2.33. The van der Waals surface area contributed by atoms with Crippen LogP contribution in [-0.2, 0) is 9.59 Å². The van der Waals surface area contributed by atoms with Crippen LogP contribution < -0.4 is 16.0 Å². The van der Waals surface area contributed by atoms with Gasteiger partial charge in [-0.25, -0.2) is 0 Å². The van der Waals surface area contributed by atoms with Crippen LogP contribution in [0.1, 0.15) is 20.3 Å². The largest absolute Gasteiger partial charge is 0.367 e. The van der Waals surface area contributed by atoms with Gasteiger partial charge in [-0.2, -0.15) is 0 Å². The number of hydrogen-bond donors (Lipinski definition) is 5. The smallest absolute Gasteiger partial charge is 0.237 e. The molecule has 3 atom stereocenters. The molecule has 3 unspecified atom stereocenters. The molecule has 1 fully saturated rings. The second-order valence-electron chi connectivity index (χ2n) is 4.33. The Hall–Kier alpha value is -1.18. The van der Waals surface area contributed by atoms with Gasteiger partial charge in [-0.15, -0.1) is 0 Å². The number of aliphatic hydroxyl groups excluding tert-OH is 1. The monoisotopic (exact) mass is 245 g/mol. The summed E-state index contributed by atoms with van der Waals surface area (Å²) in [6.07, 6.45) is -1.77.